The Hall–Kier alpha value is -1.69. The summed E-state index contributed by atoms with van der Waals surface area (Å²) < 4.78 is 23.9. The lowest BCUT2D eigenvalue weighted by molar-refractivity contribution is 0.458. The maximum atomic E-state index is 11.7. The van der Waals surface area contributed by atoms with Crippen molar-refractivity contribution in [3.05, 3.63) is 53.5 Å². The van der Waals surface area contributed by atoms with Crippen LogP contribution < -0.4 is 0 Å². The molecule has 0 saturated heterocycles. The van der Waals surface area contributed by atoms with Crippen molar-refractivity contribution in [2.24, 2.45) is 5.29 Å². The molecule has 0 aliphatic heterocycles. The monoisotopic (exact) mass is 240 g/mol. The fourth-order valence-electron chi connectivity index (χ4n) is 1.17. The standard InChI is InChI=1S/C10H12N2O3S/c1-2-8-12(11-13)16(14,15)9-10-6-4-3-5-7-10/h2-7H,1,8-9H2. The van der Waals surface area contributed by atoms with Crippen molar-refractivity contribution in [2.75, 3.05) is 6.54 Å². The first-order valence-corrected chi connectivity index (χ1v) is 6.19. The molecule has 0 amide bonds. The minimum Gasteiger partial charge on any atom is -0.205 e. The fourth-order valence-corrected chi connectivity index (χ4v) is 2.36. The van der Waals surface area contributed by atoms with E-state index >= 15 is 0 Å². The minimum atomic E-state index is -3.70. The number of rotatable bonds is 6. The van der Waals surface area contributed by atoms with Crippen LogP contribution >= 0.6 is 0 Å². The third-order valence-electron chi connectivity index (χ3n) is 1.89. The van der Waals surface area contributed by atoms with Crippen LogP contribution in [0.15, 0.2) is 48.3 Å². The molecule has 1 aromatic carbocycles. The van der Waals surface area contributed by atoms with E-state index in [9.17, 15) is 13.3 Å². The predicted octanol–water partition coefficient (Wildman–Crippen LogP) is 1.69. The molecule has 6 heteroatoms. The minimum absolute atomic E-state index is 0.112. The van der Waals surface area contributed by atoms with Gasteiger partial charge in [0.05, 0.1) is 17.6 Å². The summed E-state index contributed by atoms with van der Waals surface area (Å²) in [7, 11) is -3.70. The van der Waals surface area contributed by atoms with Gasteiger partial charge in [0, 0.05) is 0 Å². The lowest BCUT2D eigenvalue weighted by atomic mass is 10.2. The molecular formula is C10H12N2O3S. The van der Waals surface area contributed by atoms with E-state index in [1.807, 2.05) is 0 Å². The molecule has 0 atom stereocenters. The van der Waals surface area contributed by atoms with Crippen LogP contribution in [-0.2, 0) is 15.8 Å². The highest BCUT2D eigenvalue weighted by atomic mass is 32.2. The first-order chi connectivity index (χ1) is 7.60. The summed E-state index contributed by atoms with van der Waals surface area (Å²) in [6.07, 6.45) is 1.31. The Bertz CT molecular complexity index is 456. The quantitative estimate of drug-likeness (QED) is 0.431. The average Bonchev–Trinajstić information content (AvgIpc) is 2.26. The van der Waals surface area contributed by atoms with Crippen LogP contribution in [0.3, 0.4) is 0 Å². The summed E-state index contributed by atoms with van der Waals surface area (Å²) in [4.78, 5) is 10.4. The van der Waals surface area contributed by atoms with Gasteiger partial charge >= 0.3 is 0 Å². The van der Waals surface area contributed by atoms with Gasteiger partial charge in [0.1, 0.15) is 0 Å². The molecule has 0 N–H and O–H groups in total. The van der Waals surface area contributed by atoms with E-state index in [1.165, 1.54) is 6.08 Å². The Balaban J connectivity index is 2.86. The Labute approximate surface area is 94.4 Å². The third-order valence-corrected chi connectivity index (χ3v) is 3.45. The van der Waals surface area contributed by atoms with Crippen molar-refractivity contribution >= 4 is 10.0 Å². The normalized spacial score (nSPS) is 10.8. The summed E-state index contributed by atoms with van der Waals surface area (Å²) >= 11 is 0. The zero-order chi connectivity index (χ0) is 12.0. The first kappa shape index (κ1) is 12.4. The van der Waals surface area contributed by atoms with E-state index in [4.69, 9.17) is 0 Å². The van der Waals surface area contributed by atoms with Crippen LogP contribution in [-0.4, -0.2) is 19.4 Å². The second-order valence-corrected chi connectivity index (χ2v) is 4.99. The van der Waals surface area contributed by atoms with Crippen LogP contribution in [0.25, 0.3) is 0 Å². The molecular weight excluding hydrogens is 228 g/mol. The number of sulfonamides is 1. The molecule has 1 aromatic rings. The molecule has 0 unspecified atom stereocenters. The molecule has 0 aliphatic rings. The van der Waals surface area contributed by atoms with Gasteiger partial charge < -0.3 is 0 Å². The van der Waals surface area contributed by atoms with Crippen molar-refractivity contribution in [3.63, 3.8) is 0 Å². The van der Waals surface area contributed by atoms with E-state index in [0.29, 0.717) is 9.98 Å². The second kappa shape index (κ2) is 5.41. The highest BCUT2D eigenvalue weighted by molar-refractivity contribution is 7.88. The molecule has 16 heavy (non-hydrogen) atoms. The molecule has 0 saturated carbocycles. The van der Waals surface area contributed by atoms with E-state index in [1.54, 1.807) is 30.3 Å². The molecule has 86 valence electrons. The van der Waals surface area contributed by atoms with E-state index in [0.717, 1.165) is 0 Å². The molecule has 0 aliphatic carbocycles. The summed E-state index contributed by atoms with van der Waals surface area (Å²) in [6.45, 7) is 3.25. The number of benzene rings is 1. The maximum Gasteiger partial charge on any atom is 0.256 e. The Kier molecular flexibility index (Phi) is 4.19. The van der Waals surface area contributed by atoms with Gasteiger partial charge in [0.25, 0.3) is 10.0 Å². The Morgan fingerprint density at radius 1 is 1.31 bits per heavy atom. The smallest absolute Gasteiger partial charge is 0.205 e. The molecule has 0 aromatic heterocycles. The zero-order valence-corrected chi connectivity index (χ0v) is 9.43. The molecule has 1 rings (SSSR count). The summed E-state index contributed by atoms with van der Waals surface area (Å²) in [6, 6.07) is 8.60. The van der Waals surface area contributed by atoms with E-state index in [2.05, 4.69) is 11.9 Å². The highest BCUT2D eigenvalue weighted by Gasteiger charge is 2.20. The van der Waals surface area contributed by atoms with Gasteiger partial charge in [0.15, 0.2) is 0 Å². The number of nitrogens with zero attached hydrogens (tertiary/aromatic N) is 2. The van der Waals surface area contributed by atoms with Crippen LogP contribution in [0, 0.1) is 4.91 Å². The van der Waals surface area contributed by atoms with E-state index < -0.39 is 10.0 Å². The molecule has 0 spiro atoms. The van der Waals surface area contributed by atoms with Gasteiger partial charge in [-0.3, -0.25) is 0 Å². The molecule has 0 bridgehead atoms. The molecule has 5 nitrogen and oxygen atoms in total. The maximum absolute atomic E-state index is 11.7. The second-order valence-electron chi connectivity index (χ2n) is 3.12. The predicted molar refractivity (Wildman–Crippen MR) is 61.8 cm³/mol. The van der Waals surface area contributed by atoms with Gasteiger partial charge in [-0.15, -0.1) is 15.9 Å². The third kappa shape index (κ3) is 3.16. The number of hydrogen-bond donors (Lipinski definition) is 0. The largest absolute Gasteiger partial charge is 0.256 e. The summed E-state index contributed by atoms with van der Waals surface area (Å²) in [5.74, 6) is -0.243. The van der Waals surface area contributed by atoms with Crippen molar-refractivity contribution in [1.82, 2.24) is 4.41 Å². The number of nitroso groups, excluding NO2 is 1. The zero-order valence-electron chi connectivity index (χ0n) is 8.61. The Morgan fingerprint density at radius 3 is 2.44 bits per heavy atom. The average molecular weight is 240 g/mol. The van der Waals surface area contributed by atoms with Crippen molar-refractivity contribution < 1.29 is 8.42 Å². The Morgan fingerprint density at radius 2 is 1.94 bits per heavy atom. The van der Waals surface area contributed by atoms with Gasteiger partial charge in [-0.25, -0.2) is 8.42 Å². The SMILES string of the molecule is C=CCN(N=O)S(=O)(=O)Cc1ccccc1. The van der Waals surface area contributed by atoms with Crippen molar-refractivity contribution in [3.8, 4) is 0 Å². The van der Waals surface area contributed by atoms with Crippen LogP contribution in [0.5, 0.6) is 0 Å². The van der Waals surface area contributed by atoms with Crippen molar-refractivity contribution in [1.29, 1.82) is 0 Å². The van der Waals surface area contributed by atoms with Crippen LogP contribution in [0.2, 0.25) is 0 Å². The number of hydrogen-bond acceptors (Lipinski definition) is 4. The summed E-state index contributed by atoms with van der Waals surface area (Å²) in [5.41, 5.74) is 0.611. The van der Waals surface area contributed by atoms with Crippen molar-refractivity contribution in [2.45, 2.75) is 5.75 Å². The van der Waals surface area contributed by atoms with Gasteiger partial charge in [0.2, 0.25) is 0 Å². The van der Waals surface area contributed by atoms with Gasteiger partial charge in [-0.1, -0.05) is 36.4 Å². The lowest BCUT2D eigenvalue weighted by Gasteiger charge is -2.13. The molecule has 0 fully saturated rings. The fraction of sp³-hybridized carbons (Fsp3) is 0.200. The summed E-state index contributed by atoms with van der Waals surface area (Å²) in [5, 5.41) is 2.47. The van der Waals surface area contributed by atoms with E-state index in [-0.39, 0.29) is 12.3 Å². The topological polar surface area (TPSA) is 66.8 Å². The lowest BCUT2D eigenvalue weighted by Crippen LogP contribution is -2.26. The molecule has 0 heterocycles. The first-order valence-electron chi connectivity index (χ1n) is 4.58. The molecule has 0 radical (unpaired) electrons. The highest BCUT2D eigenvalue weighted by Crippen LogP contribution is 2.10. The van der Waals surface area contributed by atoms with Crippen LogP contribution in [0.1, 0.15) is 5.56 Å². The van der Waals surface area contributed by atoms with Gasteiger partial charge in [-0.05, 0) is 5.56 Å². The van der Waals surface area contributed by atoms with Gasteiger partial charge in [-0.2, -0.15) is 0 Å². The van der Waals surface area contributed by atoms with Crippen LogP contribution in [0.4, 0.5) is 0 Å².